The van der Waals surface area contributed by atoms with E-state index in [1.54, 1.807) is 6.92 Å². The Labute approximate surface area is 155 Å². The summed E-state index contributed by atoms with van der Waals surface area (Å²) in [4.78, 5) is 18.8. The van der Waals surface area contributed by atoms with Crippen LogP contribution in [-0.2, 0) is 0 Å². The van der Waals surface area contributed by atoms with E-state index in [1.165, 1.54) is 16.9 Å². The van der Waals surface area contributed by atoms with Crippen molar-refractivity contribution < 1.29 is 13.5 Å². The summed E-state index contributed by atoms with van der Waals surface area (Å²) in [7, 11) is 0. The van der Waals surface area contributed by atoms with Crippen molar-refractivity contribution in [2.24, 2.45) is 0 Å². The lowest BCUT2D eigenvalue weighted by molar-refractivity contribution is 0.151. The SMILES string of the molecule is CCOc1nc2nn(-c3c(Br)cc(C4CC4)cc3C(F)F)cc2c(=O)[nH]1. The number of aromatic amines is 1. The Morgan fingerprint density at radius 1 is 1.42 bits per heavy atom. The van der Waals surface area contributed by atoms with E-state index < -0.39 is 12.0 Å². The standard InChI is InChI=1S/C17H15BrF2N4O2/c1-2-26-17-21-15-11(16(25)22-17)7-24(23-15)13-10(14(19)20)5-9(6-12(13)18)8-3-4-8/h5-8,14H,2-4H2,1H3,(H,21,22,23,25). The average molecular weight is 425 g/mol. The first-order chi connectivity index (χ1) is 12.5. The zero-order valence-corrected chi connectivity index (χ0v) is 15.4. The van der Waals surface area contributed by atoms with Crippen LogP contribution in [0.1, 0.15) is 43.2 Å². The van der Waals surface area contributed by atoms with Gasteiger partial charge in [0, 0.05) is 16.2 Å². The van der Waals surface area contributed by atoms with Crippen molar-refractivity contribution in [1.82, 2.24) is 19.7 Å². The van der Waals surface area contributed by atoms with Gasteiger partial charge in [-0.3, -0.25) is 9.78 Å². The lowest BCUT2D eigenvalue weighted by Gasteiger charge is -2.13. The molecule has 0 unspecified atom stereocenters. The second-order valence-corrected chi connectivity index (χ2v) is 6.98. The first-order valence-corrected chi connectivity index (χ1v) is 9.01. The third-order valence-corrected chi connectivity index (χ3v) is 4.88. The van der Waals surface area contributed by atoms with Gasteiger partial charge in [0.1, 0.15) is 5.39 Å². The summed E-state index contributed by atoms with van der Waals surface area (Å²) in [6.07, 6.45) is 0.761. The van der Waals surface area contributed by atoms with Gasteiger partial charge in [-0.1, -0.05) is 0 Å². The third-order valence-electron chi connectivity index (χ3n) is 4.28. The minimum atomic E-state index is -2.67. The molecule has 26 heavy (non-hydrogen) atoms. The molecule has 0 amide bonds. The Bertz CT molecular complexity index is 1040. The number of fused-ring (bicyclic) bond motifs is 1. The van der Waals surface area contributed by atoms with Gasteiger partial charge in [-0.05, 0) is 59.3 Å². The van der Waals surface area contributed by atoms with Crippen LogP contribution in [0.25, 0.3) is 16.7 Å². The minimum Gasteiger partial charge on any atom is -0.465 e. The summed E-state index contributed by atoms with van der Waals surface area (Å²) in [5, 5.41) is 4.42. The molecule has 6 nitrogen and oxygen atoms in total. The zero-order chi connectivity index (χ0) is 18.4. The normalized spacial score (nSPS) is 14.3. The van der Waals surface area contributed by atoms with E-state index in [2.05, 4.69) is 31.0 Å². The molecule has 1 aliphatic rings. The maximum absolute atomic E-state index is 13.7. The topological polar surface area (TPSA) is 72.8 Å². The highest BCUT2D eigenvalue weighted by Crippen LogP contribution is 2.44. The molecule has 9 heteroatoms. The van der Waals surface area contributed by atoms with Crippen LogP contribution in [-0.4, -0.2) is 26.4 Å². The summed E-state index contributed by atoms with van der Waals surface area (Å²) < 4.78 is 34.4. The smallest absolute Gasteiger partial charge is 0.298 e. The van der Waals surface area contributed by atoms with Crippen LogP contribution in [0.2, 0.25) is 0 Å². The number of alkyl halides is 2. The number of hydrogen-bond acceptors (Lipinski definition) is 4. The maximum atomic E-state index is 13.7. The molecule has 0 atom stereocenters. The fraction of sp³-hybridized carbons (Fsp3) is 0.353. The van der Waals surface area contributed by atoms with Crippen LogP contribution in [0.15, 0.2) is 27.6 Å². The number of rotatable bonds is 5. The lowest BCUT2D eigenvalue weighted by atomic mass is 10.1. The van der Waals surface area contributed by atoms with Crippen molar-refractivity contribution >= 4 is 27.0 Å². The van der Waals surface area contributed by atoms with Crippen molar-refractivity contribution in [1.29, 1.82) is 0 Å². The molecule has 0 spiro atoms. The van der Waals surface area contributed by atoms with Crippen LogP contribution in [0, 0.1) is 0 Å². The summed E-state index contributed by atoms with van der Waals surface area (Å²) >= 11 is 3.39. The highest BCUT2D eigenvalue weighted by molar-refractivity contribution is 9.10. The van der Waals surface area contributed by atoms with Gasteiger partial charge < -0.3 is 4.74 Å². The maximum Gasteiger partial charge on any atom is 0.298 e. The van der Waals surface area contributed by atoms with Gasteiger partial charge in [-0.2, -0.15) is 4.98 Å². The fourth-order valence-corrected chi connectivity index (χ4v) is 3.59. The van der Waals surface area contributed by atoms with Gasteiger partial charge in [0.25, 0.3) is 18.0 Å². The molecule has 1 saturated carbocycles. The first kappa shape index (κ1) is 17.1. The molecule has 0 saturated heterocycles. The van der Waals surface area contributed by atoms with Gasteiger partial charge in [0.15, 0.2) is 5.65 Å². The average Bonchev–Trinajstić information content (AvgIpc) is 3.34. The van der Waals surface area contributed by atoms with Gasteiger partial charge in [-0.15, -0.1) is 5.10 Å². The number of aromatic nitrogens is 4. The Hall–Kier alpha value is -2.29. The molecule has 0 bridgehead atoms. The minimum absolute atomic E-state index is 0.0486. The molecule has 4 rings (SSSR count). The molecular formula is C17H15BrF2N4O2. The van der Waals surface area contributed by atoms with E-state index in [9.17, 15) is 13.6 Å². The Morgan fingerprint density at radius 2 is 2.19 bits per heavy atom. The molecule has 0 radical (unpaired) electrons. The quantitative estimate of drug-likeness (QED) is 0.669. The molecule has 3 aromatic rings. The number of nitrogens with one attached hydrogen (secondary N) is 1. The molecule has 0 aliphatic heterocycles. The second-order valence-electron chi connectivity index (χ2n) is 6.13. The summed E-state index contributed by atoms with van der Waals surface area (Å²) in [5.41, 5.74) is 0.669. The van der Waals surface area contributed by atoms with Gasteiger partial charge in [0.05, 0.1) is 12.3 Å². The molecule has 2 heterocycles. The van der Waals surface area contributed by atoms with E-state index >= 15 is 0 Å². The van der Waals surface area contributed by atoms with Crippen LogP contribution in [0.5, 0.6) is 6.01 Å². The first-order valence-electron chi connectivity index (χ1n) is 8.22. The summed E-state index contributed by atoms with van der Waals surface area (Å²) in [6, 6.07) is 3.42. The van der Waals surface area contributed by atoms with Crippen molar-refractivity contribution in [2.45, 2.75) is 32.1 Å². The van der Waals surface area contributed by atoms with Crippen molar-refractivity contribution in [2.75, 3.05) is 6.61 Å². The van der Waals surface area contributed by atoms with Crippen molar-refractivity contribution in [3.8, 4) is 11.7 Å². The van der Waals surface area contributed by atoms with Crippen molar-refractivity contribution in [3.05, 3.63) is 44.3 Å². The molecule has 1 fully saturated rings. The highest BCUT2D eigenvalue weighted by Gasteiger charge is 2.28. The van der Waals surface area contributed by atoms with E-state index in [-0.39, 0.29) is 28.3 Å². The molecular weight excluding hydrogens is 410 g/mol. The zero-order valence-electron chi connectivity index (χ0n) is 13.8. The van der Waals surface area contributed by atoms with E-state index in [4.69, 9.17) is 4.74 Å². The number of benzene rings is 1. The molecule has 1 aromatic carbocycles. The monoisotopic (exact) mass is 424 g/mol. The molecule has 1 N–H and O–H groups in total. The molecule has 2 aromatic heterocycles. The predicted molar refractivity (Wildman–Crippen MR) is 95.3 cm³/mol. The summed E-state index contributed by atoms with van der Waals surface area (Å²) in [5.74, 6) is 0.341. The van der Waals surface area contributed by atoms with Crippen LogP contribution in [0.4, 0.5) is 8.78 Å². The number of halogens is 3. The Morgan fingerprint density at radius 3 is 2.85 bits per heavy atom. The number of H-pyrrole nitrogens is 1. The van der Waals surface area contributed by atoms with Crippen LogP contribution in [0.3, 0.4) is 0 Å². The second kappa shape index (κ2) is 6.46. The molecule has 136 valence electrons. The number of nitrogens with zero attached hydrogens (tertiary/aromatic N) is 3. The highest BCUT2D eigenvalue weighted by atomic mass is 79.9. The van der Waals surface area contributed by atoms with Gasteiger partial charge in [-0.25, -0.2) is 13.5 Å². The molecule has 1 aliphatic carbocycles. The largest absolute Gasteiger partial charge is 0.465 e. The van der Waals surface area contributed by atoms with Gasteiger partial charge >= 0.3 is 0 Å². The predicted octanol–water partition coefficient (Wildman–Crippen LogP) is 4.09. The summed E-state index contributed by atoms with van der Waals surface area (Å²) in [6.45, 7) is 2.09. The third kappa shape index (κ3) is 3.00. The van der Waals surface area contributed by atoms with Crippen molar-refractivity contribution in [3.63, 3.8) is 0 Å². The van der Waals surface area contributed by atoms with E-state index in [1.807, 2.05) is 6.07 Å². The number of hydrogen-bond donors (Lipinski definition) is 1. The number of ether oxygens (including phenoxy) is 1. The van der Waals surface area contributed by atoms with E-state index in [0.717, 1.165) is 18.4 Å². The van der Waals surface area contributed by atoms with Crippen LogP contribution < -0.4 is 10.3 Å². The van der Waals surface area contributed by atoms with Gasteiger partial charge in [0.2, 0.25) is 0 Å². The lowest BCUT2D eigenvalue weighted by Crippen LogP contribution is -2.09. The Kier molecular flexibility index (Phi) is 4.26. The van der Waals surface area contributed by atoms with Crippen LogP contribution >= 0.6 is 15.9 Å². The Balaban J connectivity index is 1.89. The fourth-order valence-electron chi connectivity index (χ4n) is 2.92. The van der Waals surface area contributed by atoms with E-state index in [0.29, 0.717) is 17.0 Å².